The van der Waals surface area contributed by atoms with Crippen LogP contribution in [0.2, 0.25) is 0 Å². The summed E-state index contributed by atoms with van der Waals surface area (Å²) in [5, 5.41) is 8.95. The van der Waals surface area contributed by atoms with Crippen molar-refractivity contribution in [3.05, 3.63) is 41.9 Å². The Morgan fingerprint density at radius 2 is 1.93 bits per heavy atom. The SMILES string of the molecule is Cc1nn2cc1S(=O)(=O)NC(=O)c1ccc(-n3ccc(OCCC4(C)CC4)n3)nc1N1CC(CCCC2)CC1(C)C. The third-order valence-electron chi connectivity index (χ3n) is 8.85. The third-order valence-corrected chi connectivity index (χ3v) is 10.3. The summed E-state index contributed by atoms with van der Waals surface area (Å²) in [6.07, 6.45) is 10.7. The van der Waals surface area contributed by atoms with Crippen molar-refractivity contribution >= 4 is 21.7 Å². The number of ether oxygens (including phenoxy) is 1. The van der Waals surface area contributed by atoms with Gasteiger partial charge in [-0.05, 0) is 82.8 Å². The summed E-state index contributed by atoms with van der Waals surface area (Å²) in [7, 11) is -4.14. The molecule has 0 aromatic carbocycles. The van der Waals surface area contributed by atoms with E-state index in [1.54, 1.807) is 34.6 Å². The molecule has 1 aliphatic carbocycles. The number of carbonyl (C=O) groups excluding carboxylic acids is 1. The Balaban J connectivity index is 1.34. The van der Waals surface area contributed by atoms with Gasteiger partial charge in [0, 0.05) is 37.1 Å². The van der Waals surface area contributed by atoms with Crippen molar-refractivity contribution in [3.8, 4) is 11.7 Å². The number of pyridine rings is 1. The number of nitrogens with one attached hydrogen (secondary N) is 1. The number of carbonyl (C=O) groups is 1. The minimum absolute atomic E-state index is 0.00811. The van der Waals surface area contributed by atoms with E-state index < -0.39 is 15.9 Å². The Morgan fingerprint density at radius 3 is 2.71 bits per heavy atom. The Hall–Kier alpha value is -3.41. The van der Waals surface area contributed by atoms with Crippen molar-refractivity contribution in [1.29, 1.82) is 0 Å². The van der Waals surface area contributed by atoms with Crippen LogP contribution in [0, 0.1) is 18.3 Å². The number of nitrogens with zero attached hydrogens (tertiary/aromatic N) is 6. The van der Waals surface area contributed by atoms with Crippen LogP contribution in [-0.2, 0) is 16.6 Å². The maximum atomic E-state index is 13.6. The molecule has 0 radical (unpaired) electrons. The van der Waals surface area contributed by atoms with Crippen LogP contribution in [0.4, 0.5) is 5.82 Å². The van der Waals surface area contributed by atoms with Crippen molar-refractivity contribution < 1.29 is 17.9 Å². The lowest BCUT2D eigenvalue weighted by atomic mass is 9.93. The topological polar surface area (TPSA) is 124 Å². The first kappa shape index (κ1) is 27.7. The van der Waals surface area contributed by atoms with Crippen LogP contribution in [0.5, 0.6) is 5.88 Å². The summed E-state index contributed by atoms with van der Waals surface area (Å²) in [4.78, 5) is 20.7. The minimum atomic E-state index is -4.14. The molecule has 6 rings (SSSR count). The fourth-order valence-corrected chi connectivity index (χ4v) is 7.25. The van der Waals surface area contributed by atoms with E-state index in [0.29, 0.717) is 47.7 Å². The first-order valence-electron chi connectivity index (χ1n) is 14.5. The molecule has 1 saturated heterocycles. The molecule has 3 aromatic heterocycles. The summed E-state index contributed by atoms with van der Waals surface area (Å²) in [6, 6.07) is 5.13. The molecule has 3 aromatic rings. The Morgan fingerprint density at radius 1 is 1.12 bits per heavy atom. The monoisotopic (exact) mass is 581 g/mol. The van der Waals surface area contributed by atoms with E-state index in [-0.39, 0.29) is 16.0 Å². The predicted octanol–water partition coefficient (Wildman–Crippen LogP) is 4.25. The summed E-state index contributed by atoms with van der Waals surface area (Å²) < 4.78 is 38.0. The van der Waals surface area contributed by atoms with Gasteiger partial charge in [-0.3, -0.25) is 9.48 Å². The second-order valence-electron chi connectivity index (χ2n) is 12.8. The second kappa shape index (κ2) is 10.1. The molecule has 1 N–H and O–H groups in total. The van der Waals surface area contributed by atoms with E-state index in [9.17, 15) is 13.2 Å². The molecule has 11 nitrogen and oxygen atoms in total. The maximum absolute atomic E-state index is 13.6. The quantitative estimate of drug-likeness (QED) is 0.474. The first-order chi connectivity index (χ1) is 19.4. The molecule has 1 unspecified atom stereocenters. The highest BCUT2D eigenvalue weighted by atomic mass is 32.2. The molecule has 3 aliphatic rings. The summed E-state index contributed by atoms with van der Waals surface area (Å²) >= 11 is 0. The van der Waals surface area contributed by atoms with E-state index in [1.807, 2.05) is 6.07 Å². The number of sulfonamides is 1. The maximum Gasteiger partial charge on any atom is 0.268 e. The zero-order chi connectivity index (χ0) is 29.0. The molecule has 2 aliphatic heterocycles. The Bertz CT molecular complexity index is 1570. The van der Waals surface area contributed by atoms with Gasteiger partial charge in [0.05, 0.1) is 17.9 Å². The zero-order valence-corrected chi connectivity index (χ0v) is 25.1. The molecular formula is C29H39N7O4S. The van der Waals surface area contributed by atoms with Gasteiger partial charge < -0.3 is 9.64 Å². The zero-order valence-electron chi connectivity index (χ0n) is 24.3. The lowest BCUT2D eigenvalue weighted by molar-refractivity contribution is 0.0981. The van der Waals surface area contributed by atoms with Gasteiger partial charge in [-0.1, -0.05) is 13.3 Å². The molecule has 12 heteroatoms. The number of fused-ring (bicyclic) bond motifs is 6. The Labute approximate surface area is 241 Å². The average molecular weight is 582 g/mol. The number of anilines is 1. The number of amides is 1. The molecule has 1 saturated carbocycles. The van der Waals surface area contributed by atoms with Gasteiger partial charge in [0.1, 0.15) is 10.7 Å². The number of aryl methyl sites for hydroxylation is 2. The summed E-state index contributed by atoms with van der Waals surface area (Å²) in [5.41, 5.74) is 0.690. The van der Waals surface area contributed by atoms with Gasteiger partial charge in [0.15, 0.2) is 5.82 Å². The number of hydrogen-bond donors (Lipinski definition) is 1. The third kappa shape index (κ3) is 5.71. The molecule has 220 valence electrons. The fourth-order valence-electron chi connectivity index (χ4n) is 6.10. The highest BCUT2D eigenvalue weighted by Gasteiger charge is 2.41. The van der Waals surface area contributed by atoms with E-state index in [0.717, 1.165) is 38.6 Å². The van der Waals surface area contributed by atoms with Crippen LogP contribution < -0.4 is 14.4 Å². The van der Waals surface area contributed by atoms with Crippen molar-refractivity contribution in [1.82, 2.24) is 29.3 Å². The highest BCUT2D eigenvalue weighted by molar-refractivity contribution is 7.90. The van der Waals surface area contributed by atoms with Crippen LogP contribution in [0.3, 0.4) is 0 Å². The van der Waals surface area contributed by atoms with Crippen LogP contribution in [0.25, 0.3) is 5.82 Å². The standard InChI is InChI=1S/C29H39N7O4S/c1-20-23-19-34(31-20)14-6-5-7-21-17-28(2,3)35(18-21)26-22(27(37)33-41(23,38)39)8-9-24(30-26)36-15-10-25(32-36)40-16-13-29(4)11-12-29/h8-10,15,19,21H,5-7,11-14,16-18H2,1-4H3,(H,33,37). The number of hydrogen-bond acceptors (Lipinski definition) is 8. The lowest BCUT2D eigenvalue weighted by Crippen LogP contribution is -2.41. The van der Waals surface area contributed by atoms with Gasteiger partial charge in [-0.15, -0.1) is 5.10 Å². The molecule has 1 atom stereocenters. The first-order valence-corrected chi connectivity index (χ1v) is 16.0. The van der Waals surface area contributed by atoms with Crippen molar-refractivity contribution in [2.75, 3.05) is 18.1 Å². The van der Waals surface area contributed by atoms with Crippen LogP contribution in [-0.4, -0.2) is 57.6 Å². The average Bonchev–Trinajstić information content (AvgIpc) is 3.21. The highest BCUT2D eigenvalue weighted by Crippen LogP contribution is 2.48. The summed E-state index contributed by atoms with van der Waals surface area (Å²) in [5.74, 6) is 1.20. The normalized spacial score (nSPS) is 22.8. The van der Waals surface area contributed by atoms with Crippen LogP contribution in [0.1, 0.15) is 81.8 Å². The largest absolute Gasteiger partial charge is 0.477 e. The van der Waals surface area contributed by atoms with Gasteiger partial charge in [-0.25, -0.2) is 22.8 Å². The van der Waals surface area contributed by atoms with Crippen LogP contribution in [0.15, 0.2) is 35.5 Å². The van der Waals surface area contributed by atoms with E-state index >= 15 is 0 Å². The molecule has 2 fully saturated rings. The molecule has 5 heterocycles. The molecular weight excluding hydrogens is 542 g/mol. The molecule has 4 bridgehead atoms. The summed E-state index contributed by atoms with van der Waals surface area (Å²) in [6.45, 7) is 10.2. The van der Waals surface area contributed by atoms with Crippen molar-refractivity contribution in [2.45, 2.75) is 89.6 Å². The fraction of sp³-hybridized carbons (Fsp3) is 0.586. The molecule has 0 spiro atoms. The van der Waals surface area contributed by atoms with E-state index in [1.165, 1.54) is 19.0 Å². The predicted molar refractivity (Wildman–Crippen MR) is 154 cm³/mol. The lowest BCUT2D eigenvalue weighted by Gasteiger charge is -2.34. The van der Waals surface area contributed by atoms with Crippen molar-refractivity contribution in [3.63, 3.8) is 0 Å². The number of aromatic nitrogens is 5. The van der Waals surface area contributed by atoms with Gasteiger partial charge in [0.25, 0.3) is 15.9 Å². The van der Waals surface area contributed by atoms with E-state index in [2.05, 4.69) is 40.6 Å². The Kier molecular flexibility index (Phi) is 6.87. The van der Waals surface area contributed by atoms with Gasteiger partial charge >= 0.3 is 0 Å². The van der Waals surface area contributed by atoms with Gasteiger partial charge in [-0.2, -0.15) is 5.10 Å². The molecule has 41 heavy (non-hydrogen) atoms. The smallest absolute Gasteiger partial charge is 0.268 e. The number of rotatable bonds is 5. The minimum Gasteiger partial charge on any atom is -0.477 e. The molecule has 1 amide bonds. The van der Waals surface area contributed by atoms with Gasteiger partial charge in [0.2, 0.25) is 5.88 Å². The van der Waals surface area contributed by atoms with E-state index in [4.69, 9.17) is 9.72 Å². The second-order valence-corrected chi connectivity index (χ2v) is 14.5. The van der Waals surface area contributed by atoms with Crippen LogP contribution >= 0.6 is 0 Å². The van der Waals surface area contributed by atoms with Crippen molar-refractivity contribution in [2.24, 2.45) is 11.3 Å².